The van der Waals surface area contributed by atoms with Gasteiger partial charge in [-0.25, -0.2) is 0 Å². The molecule has 4 nitrogen and oxygen atoms in total. The Labute approximate surface area is 130 Å². The second-order valence-corrected chi connectivity index (χ2v) is 6.16. The van der Waals surface area contributed by atoms with Crippen molar-refractivity contribution < 1.29 is 9.59 Å². The maximum atomic E-state index is 12.5. The van der Waals surface area contributed by atoms with Crippen LogP contribution in [0, 0.1) is 0 Å². The van der Waals surface area contributed by atoms with Crippen LogP contribution in [0.1, 0.15) is 48.9 Å². The van der Waals surface area contributed by atoms with Crippen LogP contribution in [-0.2, 0) is 11.8 Å². The molecule has 4 heteroatoms. The Kier molecular flexibility index (Phi) is 4.27. The summed E-state index contributed by atoms with van der Waals surface area (Å²) in [6.45, 7) is 0. The number of para-hydroxylation sites is 1. The van der Waals surface area contributed by atoms with Crippen molar-refractivity contribution in [1.29, 1.82) is 0 Å². The number of aryl methyl sites for hydroxylation is 1. The lowest BCUT2D eigenvalue weighted by molar-refractivity contribution is -0.117. The van der Waals surface area contributed by atoms with Gasteiger partial charge in [-0.15, -0.1) is 0 Å². The van der Waals surface area contributed by atoms with Crippen LogP contribution in [0.3, 0.4) is 0 Å². The molecule has 1 aliphatic carbocycles. The average molecular weight is 298 g/mol. The van der Waals surface area contributed by atoms with Gasteiger partial charge in [-0.2, -0.15) is 0 Å². The zero-order valence-electron chi connectivity index (χ0n) is 13.0. The minimum Gasteiger partial charge on any atom is -0.350 e. The van der Waals surface area contributed by atoms with E-state index >= 15 is 0 Å². The predicted molar refractivity (Wildman–Crippen MR) is 86.9 cm³/mol. The largest absolute Gasteiger partial charge is 0.350 e. The molecule has 0 spiro atoms. The van der Waals surface area contributed by atoms with Gasteiger partial charge in [0.15, 0.2) is 0 Å². The van der Waals surface area contributed by atoms with Crippen molar-refractivity contribution in [2.45, 2.75) is 44.6 Å². The second kappa shape index (κ2) is 6.34. The third-order valence-electron chi connectivity index (χ3n) is 4.54. The number of hydrogen-bond donors (Lipinski definition) is 1. The number of nitrogens with zero attached hydrogens (tertiary/aromatic N) is 1. The lowest BCUT2D eigenvalue weighted by atomic mass is 10.1. The van der Waals surface area contributed by atoms with Crippen LogP contribution in [-0.4, -0.2) is 22.3 Å². The Hall–Kier alpha value is -2.10. The Bertz CT molecular complexity index is 694. The molecule has 0 aliphatic heterocycles. The molecule has 1 amide bonds. The van der Waals surface area contributed by atoms with Gasteiger partial charge in [0, 0.05) is 30.2 Å². The highest BCUT2D eigenvalue weighted by Gasteiger charge is 2.23. The van der Waals surface area contributed by atoms with Gasteiger partial charge in [0.05, 0.1) is 5.56 Å². The van der Waals surface area contributed by atoms with Crippen molar-refractivity contribution in [3.8, 4) is 0 Å². The van der Waals surface area contributed by atoms with Gasteiger partial charge in [0.25, 0.3) is 11.7 Å². The van der Waals surface area contributed by atoms with E-state index in [1.807, 2.05) is 35.9 Å². The standard InChI is InChI=1S/C18H22N2O2/c1-20-12-15(14-10-6-7-11-16(14)20)17(21)18(22)19-13-8-4-2-3-5-9-13/h6-7,10-13H,2-5,8-9H2,1H3,(H,19,22). The zero-order valence-corrected chi connectivity index (χ0v) is 13.0. The fourth-order valence-corrected chi connectivity index (χ4v) is 3.32. The third-order valence-corrected chi connectivity index (χ3v) is 4.54. The van der Waals surface area contributed by atoms with Crippen LogP contribution in [0.15, 0.2) is 30.5 Å². The van der Waals surface area contributed by atoms with Crippen molar-refractivity contribution in [2.24, 2.45) is 7.05 Å². The van der Waals surface area contributed by atoms with E-state index in [4.69, 9.17) is 0 Å². The van der Waals surface area contributed by atoms with Gasteiger partial charge >= 0.3 is 0 Å². The van der Waals surface area contributed by atoms with Gasteiger partial charge in [-0.1, -0.05) is 43.9 Å². The quantitative estimate of drug-likeness (QED) is 0.537. The Morgan fingerprint density at radius 1 is 1.09 bits per heavy atom. The first-order chi connectivity index (χ1) is 10.7. The molecular weight excluding hydrogens is 276 g/mol. The zero-order chi connectivity index (χ0) is 15.5. The molecule has 0 saturated heterocycles. The molecule has 1 N–H and O–H groups in total. The molecule has 1 saturated carbocycles. The topological polar surface area (TPSA) is 51.1 Å². The number of Topliss-reactive ketones (excluding diaryl/α,β-unsaturated/α-hetero) is 1. The van der Waals surface area contributed by atoms with Crippen LogP contribution < -0.4 is 5.32 Å². The van der Waals surface area contributed by atoms with Crippen molar-refractivity contribution in [1.82, 2.24) is 9.88 Å². The number of aromatic nitrogens is 1. The highest BCUT2D eigenvalue weighted by atomic mass is 16.2. The number of rotatable bonds is 3. The molecule has 1 heterocycles. The SMILES string of the molecule is Cn1cc(C(=O)C(=O)NC2CCCCCC2)c2ccccc21. The Morgan fingerprint density at radius 2 is 1.77 bits per heavy atom. The van der Waals surface area contributed by atoms with Crippen molar-refractivity contribution >= 4 is 22.6 Å². The fourth-order valence-electron chi connectivity index (χ4n) is 3.32. The van der Waals surface area contributed by atoms with Crippen LogP contribution >= 0.6 is 0 Å². The average Bonchev–Trinajstić information content (AvgIpc) is 2.70. The summed E-state index contributed by atoms with van der Waals surface area (Å²) in [5.41, 5.74) is 1.46. The first-order valence-electron chi connectivity index (χ1n) is 8.06. The van der Waals surface area contributed by atoms with E-state index in [0.717, 1.165) is 36.6 Å². The van der Waals surface area contributed by atoms with Crippen molar-refractivity contribution in [3.05, 3.63) is 36.0 Å². The monoisotopic (exact) mass is 298 g/mol. The third kappa shape index (κ3) is 2.91. The second-order valence-electron chi connectivity index (χ2n) is 6.16. The summed E-state index contributed by atoms with van der Waals surface area (Å²) in [6, 6.07) is 7.82. The highest BCUT2D eigenvalue weighted by Crippen LogP contribution is 2.21. The van der Waals surface area contributed by atoms with Gasteiger partial charge in [0.1, 0.15) is 0 Å². The molecule has 0 unspecified atom stereocenters. The van der Waals surface area contributed by atoms with E-state index in [1.54, 1.807) is 6.20 Å². The molecule has 116 valence electrons. The maximum absolute atomic E-state index is 12.5. The summed E-state index contributed by atoms with van der Waals surface area (Å²) in [4.78, 5) is 24.8. The number of carbonyl (C=O) groups excluding carboxylic acids is 2. The van der Waals surface area contributed by atoms with Crippen LogP contribution in [0.2, 0.25) is 0 Å². The summed E-state index contributed by atoms with van der Waals surface area (Å²) in [7, 11) is 1.89. The first-order valence-corrected chi connectivity index (χ1v) is 8.06. The molecular formula is C18H22N2O2. The van der Waals surface area contributed by atoms with Crippen molar-refractivity contribution in [3.63, 3.8) is 0 Å². The predicted octanol–water partition coefficient (Wildman–Crippen LogP) is 3.20. The molecule has 1 fully saturated rings. The number of carbonyl (C=O) groups is 2. The molecule has 1 aromatic carbocycles. The van der Waals surface area contributed by atoms with E-state index in [0.29, 0.717) is 5.56 Å². The van der Waals surface area contributed by atoms with Crippen molar-refractivity contribution in [2.75, 3.05) is 0 Å². The van der Waals surface area contributed by atoms with Crippen LogP contribution in [0.5, 0.6) is 0 Å². The lowest BCUT2D eigenvalue weighted by Crippen LogP contribution is -2.39. The van der Waals surface area contributed by atoms with E-state index in [9.17, 15) is 9.59 Å². The Balaban J connectivity index is 1.78. The molecule has 1 aliphatic rings. The summed E-state index contributed by atoms with van der Waals surface area (Å²) in [5, 5.41) is 3.77. The molecule has 0 bridgehead atoms. The number of nitrogens with one attached hydrogen (secondary N) is 1. The highest BCUT2D eigenvalue weighted by molar-refractivity contribution is 6.45. The van der Waals surface area contributed by atoms with Crippen LogP contribution in [0.4, 0.5) is 0 Å². The summed E-state index contributed by atoms with van der Waals surface area (Å²) >= 11 is 0. The smallest absolute Gasteiger partial charge is 0.292 e. The molecule has 0 atom stereocenters. The van der Waals surface area contributed by atoms with Gasteiger partial charge in [0.2, 0.25) is 0 Å². The number of benzene rings is 1. The van der Waals surface area contributed by atoms with E-state index in [1.165, 1.54) is 12.8 Å². The first kappa shape index (κ1) is 14.8. The minimum atomic E-state index is -0.469. The van der Waals surface area contributed by atoms with Gasteiger partial charge in [-0.05, 0) is 18.9 Å². The lowest BCUT2D eigenvalue weighted by Gasteiger charge is -2.15. The van der Waals surface area contributed by atoms with Gasteiger partial charge in [-0.3, -0.25) is 9.59 Å². The molecule has 0 radical (unpaired) electrons. The molecule has 2 aromatic rings. The van der Waals surface area contributed by atoms with Crippen LogP contribution in [0.25, 0.3) is 10.9 Å². The fraction of sp³-hybridized carbons (Fsp3) is 0.444. The molecule has 22 heavy (non-hydrogen) atoms. The molecule has 1 aromatic heterocycles. The minimum absolute atomic E-state index is 0.147. The maximum Gasteiger partial charge on any atom is 0.292 e. The summed E-state index contributed by atoms with van der Waals surface area (Å²) < 4.78 is 1.89. The summed E-state index contributed by atoms with van der Waals surface area (Å²) in [6.07, 6.45) is 8.43. The number of amides is 1. The number of ketones is 1. The van der Waals surface area contributed by atoms with E-state index in [2.05, 4.69) is 5.32 Å². The molecule has 3 rings (SSSR count). The van der Waals surface area contributed by atoms with Gasteiger partial charge < -0.3 is 9.88 Å². The normalized spacial score (nSPS) is 16.4. The van der Waals surface area contributed by atoms with E-state index in [-0.39, 0.29) is 6.04 Å². The van der Waals surface area contributed by atoms with E-state index < -0.39 is 11.7 Å². The number of fused-ring (bicyclic) bond motifs is 1. The number of hydrogen-bond acceptors (Lipinski definition) is 2. The Morgan fingerprint density at radius 3 is 2.50 bits per heavy atom. The summed E-state index contributed by atoms with van der Waals surface area (Å²) in [5.74, 6) is -0.899.